The number of benzene rings is 2. The first kappa shape index (κ1) is 21.7. The number of nitrogens with zero attached hydrogens (tertiary/aromatic N) is 4. The van der Waals surface area contributed by atoms with Crippen LogP contribution < -0.4 is 15.8 Å². The number of aromatic hydroxyl groups is 1. The second-order valence-corrected chi connectivity index (χ2v) is 8.32. The van der Waals surface area contributed by atoms with Crippen LogP contribution in [0.15, 0.2) is 47.6 Å². The van der Waals surface area contributed by atoms with E-state index in [1.807, 2.05) is 31.2 Å². The Kier molecular flexibility index (Phi) is 5.75. The van der Waals surface area contributed by atoms with Crippen molar-refractivity contribution in [3.05, 3.63) is 53.6 Å². The first-order chi connectivity index (χ1) is 16.5. The summed E-state index contributed by atoms with van der Waals surface area (Å²) in [5, 5.41) is 17.6. The van der Waals surface area contributed by atoms with Crippen molar-refractivity contribution >= 4 is 40.1 Å². The summed E-state index contributed by atoms with van der Waals surface area (Å²) in [4.78, 5) is 22.7. The highest BCUT2D eigenvalue weighted by atomic mass is 16.5. The molecule has 4 N–H and O–H groups in total. The fourth-order valence-corrected chi connectivity index (χ4v) is 4.32. The van der Waals surface area contributed by atoms with Crippen LogP contribution in [-0.2, 0) is 0 Å². The Balaban J connectivity index is 1.61. The van der Waals surface area contributed by atoms with Crippen LogP contribution in [0, 0.1) is 0 Å². The number of para-hydroxylation sites is 2. The largest absolute Gasteiger partial charge is 0.504 e. The van der Waals surface area contributed by atoms with Crippen molar-refractivity contribution in [2.45, 2.75) is 38.6 Å². The molecule has 2 aromatic carbocycles. The van der Waals surface area contributed by atoms with E-state index < -0.39 is 0 Å². The van der Waals surface area contributed by atoms with Crippen molar-refractivity contribution in [1.82, 2.24) is 20.0 Å². The zero-order valence-corrected chi connectivity index (χ0v) is 18.9. The first-order valence-electron chi connectivity index (χ1n) is 11.4. The van der Waals surface area contributed by atoms with Gasteiger partial charge < -0.3 is 20.9 Å². The maximum atomic E-state index is 13.2. The van der Waals surface area contributed by atoms with Gasteiger partial charge in [0, 0.05) is 6.04 Å². The van der Waals surface area contributed by atoms with E-state index >= 15 is 0 Å². The summed E-state index contributed by atoms with van der Waals surface area (Å²) in [7, 11) is 0. The lowest BCUT2D eigenvalue weighted by Gasteiger charge is -2.11. The minimum atomic E-state index is -0.267. The number of phenols is 1. The zero-order chi connectivity index (χ0) is 23.7. The van der Waals surface area contributed by atoms with E-state index in [1.54, 1.807) is 18.3 Å². The van der Waals surface area contributed by atoms with Gasteiger partial charge in [0.15, 0.2) is 17.1 Å². The standard InChI is InChI=1S/C25H26N6O3/c1-2-34-20-13-15(11-12-19(20)32)14-27-31-23(26)21(25(33)28-16-7-3-4-8-16)22-24(31)30-18-10-6-5-9-17(18)29-22/h5-6,9-14,16,32H,2-4,7-8,26H2,1H3,(H,28,33)/b27-14-. The number of rotatable bonds is 6. The van der Waals surface area contributed by atoms with E-state index in [0.717, 1.165) is 25.7 Å². The van der Waals surface area contributed by atoms with Gasteiger partial charge >= 0.3 is 0 Å². The summed E-state index contributed by atoms with van der Waals surface area (Å²) in [5.41, 5.74) is 9.58. The molecule has 4 aromatic rings. The van der Waals surface area contributed by atoms with Crippen LogP contribution in [0.1, 0.15) is 48.5 Å². The van der Waals surface area contributed by atoms with Gasteiger partial charge in [0.2, 0.25) is 0 Å². The lowest BCUT2D eigenvalue weighted by atomic mass is 10.2. The number of aromatic nitrogens is 3. The molecule has 0 unspecified atom stereocenters. The van der Waals surface area contributed by atoms with Crippen LogP contribution in [0.3, 0.4) is 0 Å². The number of ether oxygens (including phenoxy) is 1. The molecule has 2 heterocycles. The second kappa shape index (κ2) is 9.01. The van der Waals surface area contributed by atoms with E-state index in [9.17, 15) is 9.90 Å². The van der Waals surface area contributed by atoms with E-state index in [2.05, 4.69) is 10.4 Å². The van der Waals surface area contributed by atoms with Crippen LogP contribution >= 0.6 is 0 Å². The average Bonchev–Trinajstić information content (AvgIpc) is 3.43. The Hall–Kier alpha value is -4.14. The van der Waals surface area contributed by atoms with Gasteiger partial charge in [-0.25, -0.2) is 9.97 Å². The van der Waals surface area contributed by atoms with Crippen LogP contribution in [0.25, 0.3) is 22.2 Å². The number of nitrogen functional groups attached to an aromatic ring is 1. The first-order valence-corrected chi connectivity index (χ1v) is 11.4. The van der Waals surface area contributed by atoms with Crippen LogP contribution in [0.4, 0.5) is 5.82 Å². The lowest BCUT2D eigenvalue weighted by Crippen LogP contribution is -2.33. The Morgan fingerprint density at radius 2 is 1.97 bits per heavy atom. The molecule has 34 heavy (non-hydrogen) atoms. The molecule has 1 aliphatic carbocycles. The molecule has 5 rings (SSSR count). The van der Waals surface area contributed by atoms with Crippen LogP contribution in [0.2, 0.25) is 0 Å². The Labute approximate surface area is 196 Å². The molecule has 1 fully saturated rings. The minimum absolute atomic E-state index is 0.0492. The second-order valence-electron chi connectivity index (χ2n) is 8.32. The quantitative estimate of drug-likeness (QED) is 0.377. The normalized spacial score (nSPS) is 14.4. The van der Waals surface area contributed by atoms with Crippen LogP contribution in [0.5, 0.6) is 11.5 Å². The lowest BCUT2D eigenvalue weighted by molar-refractivity contribution is 0.0940. The van der Waals surface area contributed by atoms with Gasteiger partial charge in [0.1, 0.15) is 16.9 Å². The van der Waals surface area contributed by atoms with Gasteiger partial charge in [-0.05, 0) is 55.7 Å². The van der Waals surface area contributed by atoms with E-state index in [4.69, 9.17) is 20.4 Å². The third-order valence-corrected chi connectivity index (χ3v) is 6.00. The van der Waals surface area contributed by atoms with Crippen LogP contribution in [-0.4, -0.2) is 44.5 Å². The Morgan fingerprint density at radius 3 is 2.71 bits per heavy atom. The number of nitrogens with two attached hydrogens (primary N) is 1. The number of hydrogen-bond acceptors (Lipinski definition) is 7. The average molecular weight is 459 g/mol. The van der Waals surface area contributed by atoms with Gasteiger partial charge in [-0.15, -0.1) is 0 Å². The highest BCUT2D eigenvalue weighted by Gasteiger charge is 2.26. The van der Waals surface area contributed by atoms with Crippen molar-refractivity contribution in [2.75, 3.05) is 12.3 Å². The maximum Gasteiger partial charge on any atom is 0.257 e. The van der Waals surface area contributed by atoms with Gasteiger partial charge in [-0.2, -0.15) is 9.78 Å². The molecule has 9 nitrogen and oxygen atoms in total. The number of amides is 1. The molecule has 0 saturated heterocycles. The Bertz CT molecular complexity index is 1410. The third kappa shape index (κ3) is 4.00. The molecule has 0 radical (unpaired) electrons. The SMILES string of the molecule is CCOc1cc(/C=N\n2c(N)c(C(=O)NC3CCCC3)c3nc4ccccc4nc32)ccc1O. The van der Waals surface area contributed by atoms with Gasteiger partial charge in [-0.3, -0.25) is 4.79 Å². The Morgan fingerprint density at radius 1 is 1.24 bits per heavy atom. The summed E-state index contributed by atoms with van der Waals surface area (Å²) in [5.74, 6) is 0.310. The molecule has 0 aliphatic heterocycles. The van der Waals surface area contributed by atoms with E-state index in [1.165, 1.54) is 10.7 Å². The highest BCUT2D eigenvalue weighted by molar-refractivity contribution is 6.10. The smallest absolute Gasteiger partial charge is 0.257 e. The fraction of sp³-hybridized carbons (Fsp3) is 0.280. The number of carbonyl (C=O) groups excluding carboxylic acids is 1. The highest BCUT2D eigenvalue weighted by Crippen LogP contribution is 2.29. The summed E-state index contributed by atoms with van der Waals surface area (Å²) in [6, 6.07) is 12.5. The fourth-order valence-electron chi connectivity index (χ4n) is 4.32. The topological polar surface area (TPSA) is 128 Å². The number of hydrogen-bond donors (Lipinski definition) is 3. The number of anilines is 1. The predicted octanol–water partition coefficient (Wildman–Crippen LogP) is 3.83. The number of fused-ring (bicyclic) bond motifs is 2. The van der Waals surface area contributed by atoms with Gasteiger partial charge in [-0.1, -0.05) is 25.0 Å². The molecule has 1 aliphatic rings. The summed E-state index contributed by atoms with van der Waals surface area (Å²) >= 11 is 0. The van der Waals surface area contributed by atoms with Crippen molar-refractivity contribution in [1.29, 1.82) is 0 Å². The molecule has 0 spiro atoms. The molecule has 1 amide bonds. The van der Waals surface area contributed by atoms with Gasteiger partial charge in [0.05, 0.1) is 23.9 Å². The molecule has 0 bridgehead atoms. The summed E-state index contributed by atoms with van der Waals surface area (Å²) < 4.78 is 6.89. The molecular weight excluding hydrogens is 432 g/mol. The monoisotopic (exact) mass is 458 g/mol. The molecule has 1 saturated carbocycles. The molecule has 174 valence electrons. The molecule has 9 heteroatoms. The summed E-state index contributed by atoms with van der Waals surface area (Å²) in [6.45, 7) is 2.26. The summed E-state index contributed by atoms with van der Waals surface area (Å²) in [6.07, 6.45) is 5.70. The zero-order valence-electron chi connectivity index (χ0n) is 18.9. The van der Waals surface area contributed by atoms with E-state index in [-0.39, 0.29) is 29.1 Å². The minimum Gasteiger partial charge on any atom is -0.504 e. The molecule has 0 atom stereocenters. The van der Waals surface area contributed by atoms with Crippen molar-refractivity contribution in [3.8, 4) is 11.5 Å². The maximum absolute atomic E-state index is 13.2. The molecular formula is C25H26N6O3. The van der Waals surface area contributed by atoms with Crippen molar-refractivity contribution in [3.63, 3.8) is 0 Å². The number of nitrogens with one attached hydrogen (secondary N) is 1. The van der Waals surface area contributed by atoms with Crippen molar-refractivity contribution in [2.24, 2.45) is 5.10 Å². The molecule has 2 aromatic heterocycles. The number of carbonyl (C=O) groups is 1. The van der Waals surface area contributed by atoms with Crippen molar-refractivity contribution < 1.29 is 14.6 Å². The number of phenolic OH excluding ortho intramolecular Hbond substituents is 1. The van der Waals surface area contributed by atoms with E-state index in [0.29, 0.717) is 40.1 Å². The predicted molar refractivity (Wildman–Crippen MR) is 131 cm³/mol. The van der Waals surface area contributed by atoms with Gasteiger partial charge in [0.25, 0.3) is 5.91 Å². The third-order valence-electron chi connectivity index (χ3n) is 6.00.